The average molecular weight is 305 g/mol. The fourth-order valence-electron chi connectivity index (χ4n) is 1.76. The smallest absolute Gasteiger partial charge is 0.308 e. The van der Waals surface area contributed by atoms with Gasteiger partial charge in [0.1, 0.15) is 5.01 Å². The van der Waals surface area contributed by atoms with Gasteiger partial charge in [0.2, 0.25) is 5.13 Å². The van der Waals surface area contributed by atoms with Gasteiger partial charge in [-0.1, -0.05) is 48.1 Å². The molecule has 0 fully saturated rings. The highest BCUT2D eigenvalue weighted by Gasteiger charge is 2.11. The van der Waals surface area contributed by atoms with E-state index in [-0.39, 0.29) is 0 Å². The van der Waals surface area contributed by atoms with Gasteiger partial charge in [-0.25, -0.2) is 0 Å². The molecule has 0 amide bonds. The first-order chi connectivity index (χ1) is 10.0. The quantitative estimate of drug-likeness (QED) is 0.822. The first kappa shape index (κ1) is 15.4. The number of nitrogens with one attached hydrogen (secondary N) is 1. The van der Waals surface area contributed by atoms with Crippen molar-refractivity contribution >= 4 is 22.4 Å². The van der Waals surface area contributed by atoms with Crippen LogP contribution in [0.2, 0.25) is 0 Å². The molecule has 0 saturated heterocycles. The number of hydrogen-bond acceptors (Lipinski definition) is 5. The van der Waals surface area contributed by atoms with E-state index in [2.05, 4.69) is 46.7 Å². The summed E-state index contributed by atoms with van der Waals surface area (Å²) in [7, 11) is 0. The third-order valence-corrected chi connectivity index (χ3v) is 4.14. The van der Waals surface area contributed by atoms with E-state index in [0.717, 1.165) is 17.8 Å². The van der Waals surface area contributed by atoms with Crippen LogP contribution in [0.1, 0.15) is 23.1 Å². The van der Waals surface area contributed by atoms with Gasteiger partial charge < -0.3 is 10.4 Å². The Morgan fingerprint density at radius 1 is 1.29 bits per heavy atom. The van der Waals surface area contributed by atoms with Gasteiger partial charge in [-0.2, -0.15) is 0 Å². The highest BCUT2D eigenvalue weighted by atomic mass is 32.1. The molecular weight excluding hydrogens is 286 g/mol. The second-order valence-corrected chi connectivity index (χ2v) is 6.17. The van der Waals surface area contributed by atoms with Crippen LogP contribution in [0.15, 0.2) is 24.3 Å². The maximum Gasteiger partial charge on any atom is 0.308 e. The number of hydrogen-bond donors (Lipinski definition) is 2. The molecule has 0 aliphatic rings. The lowest BCUT2D eigenvalue weighted by Crippen LogP contribution is -2.19. The van der Waals surface area contributed by atoms with E-state index < -0.39 is 11.9 Å². The second-order valence-electron chi connectivity index (χ2n) is 5.11. The average Bonchev–Trinajstić information content (AvgIpc) is 2.92. The van der Waals surface area contributed by atoms with Gasteiger partial charge in [-0.15, -0.1) is 10.2 Å². The Morgan fingerprint density at radius 2 is 2.00 bits per heavy atom. The van der Waals surface area contributed by atoms with Crippen molar-refractivity contribution in [2.75, 3.05) is 11.9 Å². The first-order valence-corrected chi connectivity index (χ1v) is 7.71. The van der Waals surface area contributed by atoms with E-state index in [1.807, 2.05) is 0 Å². The molecule has 2 N–H and O–H groups in total. The number of anilines is 1. The topological polar surface area (TPSA) is 75.1 Å². The van der Waals surface area contributed by atoms with Crippen LogP contribution in [-0.2, 0) is 17.6 Å². The fourth-order valence-corrected chi connectivity index (χ4v) is 2.51. The normalized spacial score (nSPS) is 12.1. The monoisotopic (exact) mass is 305 g/mol. The number of benzene rings is 1. The molecule has 1 aromatic heterocycles. The van der Waals surface area contributed by atoms with Crippen molar-refractivity contribution in [2.45, 2.75) is 26.7 Å². The molecule has 0 saturated carbocycles. The summed E-state index contributed by atoms with van der Waals surface area (Å²) >= 11 is 1.48. The summed E-state index contributed by atoms with van der Waals surface area (Å²) in [5, 5.41) is 21.6. The van der Waals surface area contributed by atoms with Crippen LogP contribution >= 0.6 is 11.3 Å². The zero-order chi connectivity index (χ0) is 15.2. The zero-order valence-electron chi connectivity index (χ0n) is 12.2. The highest BCUT2D eigenvalue weighted by molar-refractivity contribution is 7.15. The van der Waals surface area contributed by atoms with Crippen LogP contribution in [0.25, 0.3) is 0 Å². The Balaban J connectivity index is 1.82. The van der Waals surface area contributed by atoms with Gasteiger partial charge in [0.25, 0.3) is 0 Å². The Bertz CT molecular complexity index is 595. The second kappa shape index (κ2) is 7.17. The molecule has 6 heteroatoms. The summed E-state index contributed by atoms with van der Waals surface area (Å²) in [5.74, 6) is -1.25. The lowest BCUT2D eigenvalue weighted by Gasteiger charge is -2.05. The number of carbonyl (C=O) groups is 1. The van der Waals surface area contributed by atoms with Crippen molar-refractivity contribution in [1.29, 1.82) is 0 Å². The van der Waals surface area contributed by atoms with Crippen molar-refractivity contribution in [3.05, 3.63) is 40.4 Å². The summed E-state index contributed by atoms with van der Waals surface area (Å²) < 4.78 is 0. The number of aryl methyl sites for hydroxylation is 3. The summed E-state index contributed by atoms with van der Waals surface area (Å²) in [4.78, 5) is 10.7. The summed E-state index contributed by atoms with van der Waals surface area (Å²) in [6.45, 7) is 4.10. The number of aromatic nitrogens is 2. The van der Waals surface area contributed by atoms with Gasteiger partial charge in [-0.05, 0) is 18.9 Å². The minimum Gasteiger partial charge on any atom is -0.481 e. The largest absolute Gasteiger partial charge is 0.481 e. The van der Waals surface area contributed by atoms with Crippen LogP contribution in [0.3, 0.4) is 0 Å². The molecule has 5 nitrogen and oxygen atoms in total. The van der Waals surface area contributed by atoms with E-state index in [1.165, 1.54) is 22.5 Å². The standard InChI is InChI=1S/C15H19N3O2S/c1-10-3-5-12(6-4-10)7-8-13-17-18-15(21-13)16-9-11(2)14(19)20/h3-6,11H,7-9H2,1-2H3,(H,16,18)(H,19,20). The van der Waals surface area contributed by atoms with Crippen molar-refractivity contribution in [1.82, 2.24) is 10.2 Å². The molecule has 21 heavy (non-hydrogen) atoms. The van der Waals surface area contributed by atoms with Crippen LogP contribution in [-0.4, -0.2) is 27.8 Å². The van der Waals surface area contributed by atoms with E-state index >= 15 is 0 Å². The molecule has 1 aromatic carbocycles. The van der Waals surface area contributed by atoms with Crippen molar-refractivity contribution in [3.8, 4) is 0 Å². The molecule has 112 valence electrons. The van der Waals surface area contributed by atoms with Gasteiger partial charge in [0.15, 0.2) is 0 Å². The van der Waals surface area contributed by atoms with Crippen LogP contribution in [0, 0.1) is 12.8 Å². The number of carboxylic acids is 1. The zero-order valence-corrected chi connectivity index (χ0v) is 13.0. The van der Waals surface area contributed by atoms with Crippen LogP contribution in [0.4, 0.5) is 5.13 Å². The minimum absolute atomic E-state index is 0.363. The number of carboxylic acid groups (broad SMARTS) is 1. The molecule has 0 aliphatic heterocycles. The van der Waals surface area contributed by atoms with Gasteiger partial charge in [0, 0.05) is 13.0 Å². The van der Waals surface area contributed by atoms with Crippen molar-refractivity contribution in [2.24, 2.45) is 5.92 Å². The lowest BCUT2D eigenvalue weighted by molar-refractivity contribution is -0.140. The summed E-state index contributed by atoms with van der Waals surface area (Å²) in [6.07, 6.45) is 1.78. The Kier molecular flexibility index (Phi) is 5.27. The third kappa shape index (κ3) is 4.82. The molecule has 0 aliphatic carbocycles. The molecule has 1 heterocycles. The SMILES string of the molecule is Cc1ccc(CCc2nnc(NCC(C)C(=O)O)s2)cc1. The molecule has 1 unspecified atom stereocenters. The van der Waals surface area contributed by atoms with Gasteiger partial charge in [0.05, 0.1) is 5.92 Å². The molecule has 2 rings (SSSR count). The van der Waals surface area contributed by atoms with Crippen molar-refractivity contribution < 1.29 is 9.90 Å². The first-order valence-electron chi connectivity index (χ1n) is 6.89. The Morgan fingerprint density at radius 3 is 2.67 bits per heavy atom. The minimum atomic E-state index is -0.813. The van der Waals surface area contributed by atoms with Crippen LogP contribution < -0.4 is 5.32 Å². The molecule has 1 atom stereocenters. The van der Waals surface area contributed by atoms with Gasteiger partial charge in [-0.3, -0.25) is 4.79 Å². The predicted octanol–water partition coefficient (Wildman–Crippen LogP) is 2.76. The molecular formula is C15H19N3O2S. The number of rotatable bonds is 7. The summed E-state index contributed by atoms with van der Waals surface area (Å²) in [6, 6.07) is 8.47. The maximum absolute atomic E-state index is 10.7. The maximum atomic E-state index is 10.7. The number of aliphatic carboxylic acids is 1. The van der Waals surface area contributed by atoms with E-state index in [0.29, 0.717) is 11.7 Å². The lowest BCUT2D eigenvalue weighted by atomic mass is 10.1. The van der Waals surface area contributed by atoms with Crippen molar-refractivity contribution in [3.63, 3.8) is 0 Å². The third-order valence-electron chi connectivity index (χ3n) is 3.20. The Labute approximate surface area is 128 Å². The number of nitrogens with zero attached hydrogens (tertiary/aromatic N) is 2. The van der Waals surface area contributed by atoms with E-state index in [4.69, 9.17) is 5.11 Å². The summed E-state index contributed by atoms with van der Waals surface area (Å²) in [5.41, 5.74) is 2.54. The van der Waals surface area contributed by atoms with E-state index in [9.17, 15) is 4.79 Å². The predicted molar refractivity (Wildman–Crippen MR) is 83.8 cm³/mol. The van der Waals surface area contributed by atoms with Crippen LogP contribution in [0.5, 0.6) is 0 Å². The van der Waals surface area contributed by atoms with E-state index in [1.54, 1.807) is 6.92 Å². The molecule has 2 aromatic rings. The highest BCUT2D eigenvalue weighted by Crippen LogP contribution is 2.17. The fraction of sp³-hybridized carbons (Fsp3) is 0.400. The molecule has 0 bridgehead atoms. The molecule has 0 spiro atoms. The van der Waals surface area contributed by atoms with Gasteiger partial charge >= 0.3 is 5.97 Å². The molecule has 0 radical (unpaired) electrons. The Hall–Kier alpha value is -1.95.